The van der Waals surface area contributed by atoms with Crippen molar-refractivity contribution < 1.29 is 9.47 Å². The van der Waals surface area contributed by atoms with Crippen LogP contribution in [0.3, 0.4) is 0 Å². The van der Waals surface area contributed by atoms with Gasteiger partial charge in [-0.3, -0.25) is 0 Å². The zero-order valence-corrected chi connectivity index (χ0v) is 19.5. The molecule has 0 saturated carbocycles. The van der Waals surface area contributed by atoms with Crippen LogP contribution in [0.25, 0.3) is 0 Å². The molecule has 6 nitrogen and oxygen atoms in total. The van der Waals surface area contributed by atoms with Gasteiger partial charge in [0.15, 0.2) is 5.96 Å². The Balaban J connectivity index is 0.00000364. The van der Waals surface area contributed by atoms with Gasteiger partial charge in [0.25, 0.3) is 0 Å². The number of hydrogen-bond acceptors (Lipinski definition) is 5. The van der Waals surface area contributed by atoms with E-state index in [4.69, 9.17) is 9.47 Å². The summed E-state index contributed by atoms with van der Waals surface area (Å²) in [5.74, 6) is 2.42. The number of benzene rings is 1. The molecule has 2 rings (SSSR count). The fourth-order valence-corrected chi connectivity index (χ4v) is 2.96. The molecule has 0 aliphatic heterocycles. The van der Waals surface area contributed by atoms with E-state index in [2.05, 4.69) is 32.9 Å². The van der Waals surface area contributed by atoms with Crippen LogP contribution in [0.4, 0.5) is 0 Å². The number of aryl methyl sites for hydroxylation is 1. The van der Waals surface area contributed by atoms with E-state index in [-0.39, 0.29) is 30.1 Å². The predicted octanol–water partition coefficient (Wildman–Crippen LogP) is 3.64. The van der Waals surface area contributed by atoms with Crippen molar-refractivity contribution in [2.75, 3.05) is 26.7 Å². The lowest BCUT2D eigenvalue weighted by molar-refractivity contribution is 0.230. The maximum Gasteiger partial charge on any atom is 0.191 e. The van der Waals surface area contributed by atoms with Crippen LogP contribution in [0.15, 0.2) is 34.6 Å². The van der Waals surface area contributed by atoms with Crippen LogP contribution in [0.2, 0.25) is 0 Å². The van der Waals surface area contributed by atoms with Gasteiger partial charge >= 0.3 is 0 Å². The third-order valence-electron chi connectivity index (χ3n) is 3.59. The number of aromatic nitrogens is 1. The van der Waals surface area contributed by atoms with Gasteiger partial charge in [-0.1, -0.05) is 0 Å². The summed E-state index contributed by atoms with van der Waals surface area (Å²) in [4.78, 5) is 9.08. The Kier molecular flexibility index (Phi) is 11.1. The fourth-order valence-electron chi connectivity index (χ4n) is 2.32. The van der Waals surface area contributed by atoms with E-state index in [0.717, 1.165) is 47.7 Å². The molecule has 8 heteroatoms. The van der Waals surface area contributed by atoms with Crippen molar-refractivity contribution in [3.05, 3.63) is 40.3 Å². The van der Waals surface area contributed by atoms with Crippen LogP contribution in [0.5, 0.6) is 11.5 Å². The number of rotatable bonds is 9. The van der Waals surface area contributed by atoms with Gasteiger partial charge in [-0.25, -0.2) is 9.98 Å². The van der Waals surface area contributed by atoms with E-state index in [0.29, 0.717) is 6.54 Å². The van der Waals surface area contributed by atoms with Gasteiger partial charge in [-0.2, -0.15) is 0 Å². The number of ether oxygens (including phenoxy) is 2. The Labute approximate surface area is 182 Å². The SMILES string of the molecule is CCNC(=NCC(C)Oc1ccc(OC)cc1)NCCc1csc(C)n1.I. The first-order valence-electron chi connectivity index (χ1n) is 8.84. The second kappa shape index (κ2) is 12.8. The van der Waals surface area contributed by atoms with Gasteiger partial charge in [-0.15, -0.1) is 35.3 Å². The first-order chi connectivity index (χ1) is 12.6. The maximum atomic E-state index is 5.89. The lowest BCUT2D eigenvalue weighted by Crippen LogP contribution is -2.39. The monoisotopic (exact) mass is 504 g/mol. The average Bonchev–Trinajstić information content (AvgIpc) is 3.05. The smallest absolute Gasteiger partial charge is 0.191 e. The second-order valence-electron chi connectivity index (χ2n) is 5.86. The Morgan fingerprint density at radius 1 is 1.22 bits per heavy atom. The number of nitrogens with one attached hydrogen (secondary N) is 2. The molecule has 2 aromatic rings. The van der Waals surface area contributed by atoms with Crippen molar-refractivity contribution in [3.63, 3.8) is 0 Å². The third-order valence-corrected chi connectivity index (χ3v) is 4.41. The Hall–Kier alpha value is -1.55. The number of halogens is 1. The van der Waals surface area contributed by atoms with E-state index in [1.807, 2.05) is 38.1 Å². The number of methoxy groups -OCH3 is 1. The molecule has 0 fully saturated rings. The quantitative estimate of drug-likeness (QED) is 0.310. The van der Waals surface area contributed by atoms with Crippen LogP contribution >= 0.6 is 35.3 Å². The molecule has 1 aromatic heterocycles. The maximum absolute atomic E-state index is 5.89. The largest absolute Gasteiger partial charge is 0.497 e. The summed E-state index contributed by atoms with van der Waals surface area (Å²) < 4.78 is 11.0. The highest BCUT2D eigenvalue weighted by atomic mass is 127. The van der Waals surface area contributed by atoms with Gasteiger partial charge in [0, 0.05) is 24.9 Å². The zero-order valence-electron chi connectivity index (χ0n) is 16.3. The highest BCUT2D eigenvalue weighted by molar-refractivity contribution is 14.0. The number of thiazole rings is 1. The van der Waals surface area contributed by atoms with Gasteiger partial charge < -0.3 is 20.1 Å². The minimum absolute atomic E-state index is 0. The molecular weight excluding hydrogens is 475 g/mol. The number of guanidine groups is 1. The Morgan fingerprint density at radius 3 is 2.52 bits per heavy atom. The van der Waals surface area contributed by atoms with E-state index >= 15 is 0 Å². The molecule has 0 spiro atoms. The number of aliphatic imine (C=N–C) groups is 1. The molecule has 1 heterocycles. The van der Waals surface area contributed by atoms with Crippen LogP contribution in [-0.2, 0) is 6.42 Å². The van der Waals surface area contributed by atoms with Crippen molar-refractivity contribution >= 4 is 41.3 Å². The normalized spacial score (nSPS) is 12.1. The number of nitrogens with zero attached hydrogens (tertiary/aromatic N) is 2. The summed E-state index contributed by atoms with van der Waals surface area (Å²) in [6.45, 7) is 8.26. The summed E-state index contributed by atoms with van der Waals surface area (Å²) >= 11 is 1.68. The summed E-state index contributed by atoms with van der Waals surface area (Å²) in [6.07, 6.45) is 0.854. The second-order valence-corrected chi connectivity index (χ2v) is 6.92. The van der Waals surface area contributed by atoms with Crippen LogP contribution in [0.1, 0.15) is 24.5 Å². The molecule has 0 radical (unpaired) electrons. The summed E-state index contributed by atoms with van der Waals surface area (Å²) in [6, 6.07) is 7.57. The number of hydrogen-bond donors (Lipinski definition) is 2. The minimum Gasteiger partial charge on any atom is -0.497 e. The van der Waals surface area contributed by atoms with Gasteiger partial charge in [0.05, 0.1) is 24.4 Å². The lowest BCUT2D eigenvalue weighted by Gasteiger charge is -2.15. The molecule has 1 aromatic carbocycles. The summed E-state index contributed by atoms with van der Waals surface area (Å²) in [7, 11) is 1.65. The average molecular weight is 504 g/mol. The molecule has 0 aliphatic carbocycles. The molecule has 2 N–H and O–H groups in total. The molecule has 1 atom stereocenters. The molecule has 150 valence electrons. The van der Waals surface area contributed by atoms with Crippen LogP contribution < -0.4 is 20.1 Å². The van der Waals surface area contributed by atoms with Crippen molar-refractivity contribution in [3.8, 4) is 11.5 Å². The highest BCUT2D eigenvalue weighted by Crippen LogP contribution is 2.18. The van der Waals surface area contributed by atoms with Crippen molar-refractivity contribution in [2.24, 2.45) is 4.99 Å². The topological polar surface area (TPSA) is 67.8 Å². The first-order valence-corrected chi connectivity index (χ1v) is 9.72. The minimum atomic E-state index is -0.0277. The van der Waals surface area contributed by atoms with Gasteiger partial charge in [0.1, 0.15) is 17.6 Å². The lowest BCUT2D eigenvalue weighted by atomic mass is 10.3. The van der Waals surface area contributed by atoms with Gasteiger partial charge in [0.2, 0.25) is 0 Å². The Bertz CT molecular complexity index is 691. The molecule has 0 saturated heterocycles. The van der Waals surface area contributed by atoms with Crippen molar-refractivity contribution in [1.29, 1.82) is 0 Å². The summed E-state index contributed by atoms with van der Waals surface area (Å²) in [5.41, 5.74) is 1.12. The zero-order chi connectivity index (χ0) is 18.8. The first kappa shape index (κ1) is 23.5. The fraction of sp³-hybridized carbons (Fsp3) is 0.474. The molecule has 0 bridgehead atoms. The van der Waals surface area contributed by atoms with E-state index < -0.39 is 0 Å². The predicted molar refractivity (Wildman–Crippen MR) is 123 cm³/mol. The highest BCUT2D eigenvalue weighted by Gasteiger charge is 2.05. The standard InChI is InChI=1S/C19H28N4O2S.HI/c1-5-20-19(21-11-10-16-13-26-15(3)23-16)22-12-14(2)25-18-8-6-17(24-4)7-9-18;/h6-9,13-14H,5,10-12H2,1-4H3,(H2,20,21,22);1H. The molecule has 27 heavy (non-hydrogen) atoms. The van der Waals surface area contributed by atoms with Gasteiger partial charge in [-0.05, 0) is 45.0 Å². The molecule has 1 unspecified atom stereocenters. The van der Waals surface area contributed by atoms with Crippen molar-refractivity contribution in [1.82, 2.24) is 15.6 Å². The molecule has 0 amide bonds. The van der Waals surface area contributed by atoms with E-state index in [1.165, 1.54) is 0 Å². The van der Waals surface area contributed by atoms with E-state index in [9.17, 15) is 0 Å². The molecule has 0 aliphatic rings. The summed E-state index contributed by atoms with van der Waals surface area (Å²) in [5, 5.41) is 9.81. The van der Waals surface area contributed by atoms with Crippen LogP contribution in [0, 0.1) is 6.92 Å². The molecular formula is C19H29IN4O2S. The van der Waals surface area contributed by atoms with E-state index in [1.54, 1.807) is 18.4 Å². The third kappa shape index (κ3) is 8.79. The Morgan fingerprint density at radius 2 is 1.93 bits per heavy atom. The van der Waals surface area contributed by atoms with Crippen LogP contribution in [-0.4, -0.2) is 43.8 Å². The van der Waals surface area contributed by atoms with Crippen molar-refractivity contribution in [2.45, 2.75) is 33.3 Å².